The standard InChI is InChI=1S/C16H16N2O3/c1-12-10-15(17-21-12)16(20)18(2)11-14-7-5-13(6-8-14)4-3-9-19/h5-8,10,19H,9,11H2,1-2H3. The van der Waals surface area contributed by atoms with Crippen LogP contribution in [-0.4, -0.2) is 34.7 Å². The van der Waals surface area contributed by atoms with E-state index in [0.29, 0.717) is 18.0 Å². The number of hydrogen-bond acceptors (Lipinski definition) is 4. The number of aromatic nitrogens is 1. The van der Waals surface area contributed by atoms with E-state index < -0.39 is 0 Å². The molecule has 0 radical (unpaired) electrons. The van der Waals surface area contributed by atoms with Crippen molar-refractivity contribution in [3.63, 3.8) is 0 Å². The van der Waals surface area contributed by atoms with Crippen LogP contribution in [-0.2, 0) is 6.54 Å². The van der Waals surface area contributed by atoms with Gasteiger partial charge in [0.05, 0.1) is 0 Å². The van der Waals surface area contributed by atoms with E-state index >= 15 is 0 Å². The van der Waals surface area contributed by atoms with E-state index in [1.165, 1.54) is 0 Å². The van der Waals surface area contributed by atoms with Crippen LogP contribution in [0.15, 0.2) is 34.9 Å². The fourth-order valence-electron chi connectivity index (χ4n) is 1.84. The van der Waals surface area contributed by atoms with Crippen molar-refractivity contribution in [3.8, 4) is 11.8 Å². The fourth-order valence-corrected chi connectivity index (χ4v) is 1.84. The van der Waals surface area contributed by atoms with Crippen molar-refractivity contribution < 1.29 is 14.4 Å². The van der Waals surface area contributed by atoms with Gasteiger partial charge in [-0.2, -0.15) is 0 Å². The second kappa shape index (κ2) is 6.73. The Hall–Kier alpha value is -2.58. The molecule has 1 heterocycles. The minimum absolute atomic E-state index is 0.157. The average molecular weight is 284 g/mol. The van der Waals surface area contributed by atoms with E-state index in [2.05, 4.69) is 17.0 Å². The smallest absolute Gasteiger partial charge is 0.276 e. The molecule has 1 amide bonds. The summed E-state index contributed by atoms with van der Waals surface area (Å²) in [6.07, 6.45) is 0. The average Bonchev–Trinajstić information content (AvgIpc) is 2.92. The second-order valence-electron chi connectivity index (χ2n) is 4.64. The molecule has 1 aromatic heterocycles. The molecule has 0 aliphatic heterocycles. The van der Waals surface area contributed by atoms with Crippen LogP contribution >= 0.6 is 0 Å². The predicted molar refractivity (Wildman–Crippen MR) is 77.4 cm³/mol. The number of carbonyl (C=O) groups is 1. The molecule has 0 atom stereocenters. The zero-order valence-electron chi connectivity index (χ0n) is 12.0. The number of aliphatic hydroxyl groups is 1. The number of carbonyl (C=O) groups excluding carboxylic acids is 1. The lowest BCUT2D eigenvalue weighted by molar-refractivity contribution is 0.0774. The summed E-state index contributed by atoms with van der Waals surface area (Å²) in [5.41, 5.74) is 2.12. The molecule has 1 aromatic carbocycles. The normalized spacial score (nSPS) is 9.86. The molecule has 2 aromatic rings. The van der Waals surface area contributed by atoms with Crippen molar-refractivity contribution in [2.75, 3.05) is 13.7 Å². The Balaban J connectivity index is 2.02. The highest BCUT2D eigenvalue weighted by Gasteiger charge is 2.15. The molecule has 0 aliphatic carbocycles. The van der Waals surface area contributed by atoms with Gasteiger partial charge in [-0.05, 0) is 24.6 Å². The van der Waals surface area contributed by atoms with Crippen molar-refractivity contribution >= 4 is 5.91 Å². The van der Waals surface area contributed by atoms with E-state index in [9.17, 15) is 4.79 Å². The van der Waals surface area contributed by atoms with Crippen LogP contribution in [0.2, 0.25) is 0 Å². The van der Waals surface area contributed by atoms with Gasteiger partial charge in [-0.1, -0.05) is 29.1 Å². The quantitative estimate of drug-likeness (QED) is 0.869. The Bertz CT molecular complexity index is 678. The molecule has 0 fully saturated rings. The van der Waals surface area contributed by atoms with Crippen molar-refractivity contribution in [3.05, 3.63) is 52.9 Å². The Labute approximate surface area is 123 Å². The first kappa shape index (κ1) is 14.8. The van der Waals surface area contributed by atoms with Gasteiger partial charge in [0.25, 0.3) is 5.91 Å². The molecule has 0 unspecified atom stereocenters. The van der Waals surface area contributed by atoms with Gasteiger partial charge in [-0.15, -0.1) is 0 Å². The van der Waals surface area contributed by atoms with Gasteiger partial charge >= 0.3 is 0 Å². The lowest BCUT2D eigenvalue weighted by Gasteiger charge is -2.15. The molecular formula is C16H16N2O3. The van der Waals surface area contributed by atoms with Gasteiger partial charge in [0, 0.05) is 25.2 Å². The van der Waals surface area contributed by atoms with Crippen molar-refractivity contribution in [1.82, 2.24) is 10.1 Å². The number of aliphatic hydroxyl groups excluding tert-OH is 1. The zero-order chi connectivity index (χ0) is 15.2. The van der Waals surface area contributed by atoms with E-state index in [-0.39, 0.29) is 12.5 Å². The first-order chi connectivity index (χ1) is 10.1. The van der Waals surface area contributed by atoms with Crippen LogP contribution in [0.4, 0.5) is 0 Å². The number of nitrogens with zero attached hydrogens (tertiary/aromatic N) is 2. The molecule has 0 aliphatic rings. The summed E-state index contributed by atoms with van der Waals surface area (Å²) in [5, 5.41) is 12.4. The number of rotatable bonds is 3. The van der Waals surface area contributed by atoms with Crippen molar-refractivity contribution in [1.29, 1.82) is 0 Å². The predicted octanol–water partition coefficient (Wildman–Crippen LogP) is 1.60. The SMILES string of the molecule is Cc1cc(C(=O)N(C)Cc2ccc(C#CCO)cc2)no1. The Morgan fingerprint density at radius 2 is 2.10 bits per heavy atom. The van der Waals surface area contributed by atoms with Gasteiger partial charge in [0.15, 0.2) is 5.69 Å². The summed E-state index contributed by atoms with van der Waals surface area (Å²) in [7, 11) is 1.71. The third-order valence-corrected chi connectivity index (χ3v) is 2.88. The van der Waals surface area contributed by atoms with Crippen LogP contribution < -0.4 is 0 Å². The lowest BCUT2D eigenvalue weighted by atomic mass is 10.1. The minimum Gasteiger partial charge on any atom is -0.384 e. The molecule has 0 bridgehead atoms. The Morgan fingerprint density at radius 1 is 1.38 bits per heavy atom. The van der Waals surface area contributed by atoms with Crippen LogP contribution in [0.3, 0.4) is 0 Å². The summed E-state index contributed by atoms with van der Waals surface area (Å²) in [5.74, 6) is 5.84. The highest BCUT2D eigenvalue weighted by Crippen LogP contribution is 2.10. The molecule has 21 heavy (non-hydrogen) atoms. The van der Waals surface area contributed by atoms with Crippen LogP contribution in [0.5, 0.6) is 0 Å². The van der Waals surface area contributed by atoms with Gasteiger partial charge in [-0.3, -0.25) is 4.79 Å². The molecule has 2 rings (SSSR count). The van der Waals surface area contributed by atoms with E-state index in [0.717, 1.165) is 11.1 Å². The molecule has 108 valence electrons. The molecular weight excluding hydrogens is 268 g/mol. The minimum atomic E-state index is -0.184. The molecule has 5 nitrogen and oxygen atoms in total. The van der Waals surface area contributed by atoms with Crippen LogP contribution in [0.25, 0.3) is 0 Å². The molecule has 0 saturated heterocycles. The van der Waals surface area contributed by atoms with Crippen LogP contribution in [0.1, 0.15) is 27.4 Å². The Morgan fingerprint density at radius 3 is 2.67 bits per heavy atom. The van der Waals surface area contributed by atoms with Gasteiger partial charge in [0.2, 0.25) is 0 Å². The van der Waals surface area contributed by atoms with Gasteiger partial charge in [-0.25, -0.2) is 0 Å². The summed E-state index contributed by atoms with van der Waals surface area (Å²) in [6, 6.07) is 9.14. The Kier molecular flexibility index (Phi) is 4.75. The van der Waals surface area contributed by atoms with E-state index in [1.807, 2.05) is 24.3 Å². The number of benzene rings is 1. The zero-order valence-corrected chi connectivity index (χ0v) is 12.0. The first-order valence-electron chi connectivity index (χ1n) is 6.47. The molecule has 0 saturated carbocycles. The monoisotopic (exact) mass is 284 g/mol. The van der Waals surface area contributed by atoms with Gasteiger partial charge < -0.3 is 14.5 Å². The van der Waals surface area contributed by atoms with Crippen LogP contribution in [0, 0.1) is 18.8 Å². The highest BCUT2D eigenvalue weighted by molar-refractivity contribution is 5.92. The number of amides is 1. The second-order valence-corrected chi connectivity index (χ2v) is 4.64. The van der Waals surface area contributed by atoms with Crippen molar-refractivity contribution in [2.45, 2.75) is 13.5 Å². The number of aryl methyl sites for hydroxylation is 1. The fraction of sp³-hybridized carbons (Fsp3) is 0.250. The third-order valence-electron chi connectivity index (χ3n) is 2.88. The largest absolute Gasteiger partial charge is 0.384 e. The van der Waals surface area contributed by atoms with Crippen molar-refractivity contribution in [2.24, 2.45) is 0 Å². The summed E-state index contributed by atoms with van der Waals surface area (Å²) < 4.78 is 4.91. The molecule has 0 spiro atoms. The maximum atomic E-state index is 12.1. The topological polar surface area (TPSA) is 66.6 Å². The molecule has 5 heteroatoms. The van der Waals surface area contributed by atoms with E-state index in [1.54, 1.807) is 24.9 Å². The number of hydrogen-bond donors (Lipinski definition) is 1. The van der Waals surface area contributed by atoms with E-state index in [4.69, 9.17) is 9.63 Å². The highest BCUT2D eigenvalue weighted by atomic mass is 16.5. The first-order valence-corrected chi connectivity index (χ1v) is 6.47. The summed E-state index contributed by atoms with van der Waals surface area (Å²) in [6.45, 7) is 2.06. The maximum absolute atomic E-state index is 12.1. The summed E-state index contributed by atoms with van der Waals surface area (Å²) >= 11 is 0. The maximum Gasteiger partial charge on any atom is 0.276 e. The third kappa shape index (κ3) is 3.94. The summed E-state index contributed by atoms with van der Waals surface area (Å²) in [4.78, 5) is 13.7. The van der Waals surface area contributed by atoms with Gasteiger partial charge in [0.1, 0.15) is 12.4 Å². The molecule has 1 N–H and O–H groups in total. The lowest BCUT2D eigenvalue weighted by Crippen LogP contribution is -2.26.